The summed E-state index contributed by atoms with van der Waals surface area (Å²) >= 11 is 0. The summed E-state index contributed by atoms with van der Waals surface area (Å²) in [6.07, 6.45) is 2.22. The first-order valence-corrected chi connectivity index (χ1v) is 12.0. The summed E-state index contributed by atoms with van der Waals surface area (Å²) in [5, 5.41) is 2.31. The predicted molar refractivity (Wildman–Crippen MR) is 130 cm³/mol. The second kappa shape index (κ2) is 11.4. The molecule has 1 aromatic rings. The Hall–Kier alpha value is -3.38. The van der Waals surface area contributed by atoms with E-state index < -0.39 is 17.6 Å². The molecule has 0 spiro atoms. The summed E-state index contributed by atoms with van der Waals surface area (Å²) in [5.74, 6) is 5.33. The van der Waals surface area contributed by atoms with E-state index in [0.717, 1.165) is 11.1 Å². The lowest BCUT2D eigenvalue weighted by atomic mass is 10.0. The third kappa shape index (κ3) is 7.06. The van der Waals surface area contributed by atoms with Crippen LogP contribution in [0.5, 0.6) is 0 Å². The molecule has 0 radical (unpaired) electrons. The molecular weight excluding hydrogens is 448 g/mol. The van der Waals surface area contributed by atoms with Crippen molar-refractivity contribution in [2.24, 2.45) is 5.73 Å². The summed E-state index contributed by atoms with van der Waals surface area (Å²) in [6, 6.07) is 4.78. The number of amides is 4. The van der Waals surface area contributed by atoms with Gasteiger partial charge in [0.1, 0.15) is 11.6 Å². The fourth-order valence-corrected chi connectivity index (χ4v) is 4.08. The second-order valence-electron chi connectivity index (χ2n) is 9.79. The van der Waals surface area contributed by atoms with Crippen molar-refractivity contribution in [3.05, 3.63) is 34.9 Å². The number of piperidine rings is 1. The molecule has 35 heavy (non-hydrogen) atoms. The average molecular weight is 483 g/mol. The van der Waals surface area contributed by atoms with Gasteiger partial charge < -0.3 is 20.3 Å². The summed E-state index contributed by atoms with van der Waals surface area (Å²) in [6.45, 7) is 7.41. The third-order valence-corrected chi connectivity index (χ3v) is 5.77. The largest absolute Gasteiger partial charge is 0.444 e. The van der Waals surface area contributed by atoms with Gasteiger partial charge in [-0.15, -0.1) is 0 Å². The van der Waals surface area contributed by atoms with Crippen molar-refractivity contribution in [3.8, 4) is 11.8 Å². The number of rotatable bonds is 7. The fraction of sp³-hybridized carbons (Fsp3) is 0.538. The zero-order valence-electron chi connectivity index (χ0n) is 20.7. The highest BCUT2D eigenvalue weighted by atomic mass is 16.6. The Morgan fingerprint density at radius 2 is 1.97 bits per heavy atom. The number of hydrogen-bond acceptors (Lipinski definition) is 6. The van der Waals surface area contributed by atoms with Crippen molar-refractivity contribution >= 4 is 23.8 Å². The highest BCUT2D eigenvalue weighted by molar-refractivity contribution is 6.05. The first-order valence-electron chi connectivity index (χ1n) is 12.0. The lowest BCUT2D eigenvalue weighted by Crippen LogP contribution is -2.52. The molecule has 188 valence electrons. The summed E-state index contributed by atoms with van der Waals surface area (Å²) in [7, 11) is 0. The Morgan fingerprint density at radius 1 is 1.23 bits per heavy atom. The monoisotopic (exact) mass is 482 g/mol. The van der Waals surface area contributed by atoms with Crippen LogP contribution in [0.4, 0.5) is 4.79 Å². The Balaban J connectivity index is 1.56. The number of ether oxygens (including phenoxy) is 1. The number of unbranched alkanes of at least 4 members (excludes halogenated alkanes) is 1. The number of benzene rings is 1. The molecule has 1 atom stereocenters. The molecule has 2 aliphatic rings. The minimum atomic E-state index is -0.630. The summed E-state index contributed by atoms with van der Waals surface area (Å²) in [4.78, 5) is 52.0. The number of hydrogen-bond donors (Lipinski definition) is 2. The Morgan fingerprint density at radius 3 is 2.66 bits per heavy atom. The maximum Gasteiger partial charge on any atom is 0.410 e. The van der Waals surface area contributed by atoms with E-state index in [0.29, 0.717) is 57.4 Å². The SMILES string of the molecule is CC(C)(C)OC(=O)N(CCCN)CCCC#Cc1ccc2c(c1)CN(C1CCC(=O)NC1=O)C2=O. The van der Waals surface area contributed by atoms with Crippen molar-refractivity contribution in [2.45, 2.75) is 71.1 Å². The van der Waals surface area contributed by atoms with Gasteiger partial charge in [-0.05, 0) is 70.3 Å². The molecule has 0 saturated carbocycles. The van der Waals surface area contributed by atoms with Crippen LogP contribution in [-0.4, -0.2) is 64.9 Å². The van der Waals surface area contributed by atoms with Gasteiger partial charge in [0.05, 0.1) is 0 Å². The Kier molecular flexibility index (Phi) is 8.52. The van der Waals surface area contributed by atoms with Crippen molar-refractivity contribution in [1.29, 1.82) is 0 Å². The Bertz CT molecular complexity index is 1050. The van der Waals surface area contributed by atoms with Crippen LogP contribution in [0.1, 0.15) is 74.4 Å². The third-order valence-electron chi connectivity index (χ3n) is 5.77. The number of nitrogens with one attached hydrogen (secondary N) is 1. The molecule has 2 heterocycles. The average Bonchev–Trinajstić information content (AvgIpc) is 3.10. The molecule has 2 aliphatic heterocycles. The van der Waals surface area contributed by atoms with Crippen molar-refractivity contribution < 1.29 is 23.9 Å². The molecule has 0 aliphatic carbocycles. The van der Waals surface area contributed by atoms with Gasteiger partial charge in [0.2, 0.25) is 11.8 Å². The van der Waals surface area contributed by atoms with E-state index in [1.165, 1.54) is 4.90 Å². The normalized spacial score (nSPS) is 17.4. The van der Waals surface area contributed by atoms with Crippen LogP contribution in [0.2, 0.25) is 0 Å². The van der Waals surface area contributed by atoms with Crippen molar-refractivity contribution in [2.75, 3.05) is 19.6 Å². The van der Waals surface area contributed by atoms with Gasteiger partial charge in [0.15, 0.2) is 0 Å². The molecule has 0 bridgehead atoms. The van der Waals surface area contributed by atoms with Crippen LogP contribution in [-0.2, 0) is 20.9 Å². The van der Waals surface area contributed by atoms with Crippen molar-refractivity contribution in [3.63, 3.8) is 0 Å². The molecule has 1 saturated heterocycles. The zero-order chi connectivity index (χ0) is 25.6. The number of fused-ring (bicyclic) bond motifs is 1. The maximum atomic E-state index is 12.8. The summed E-state index contributed by atoms with van der Waals surface area (Å²) < 4.78 is 5.48. The highest BCUT2D eigenvalue weighted by Gasteiger charge is 2.39. The van der Waals surface area contributed by atoms with Gasteiger partial charge >= 0.3 is 6.09 Å². The number of carbonyl (C=O) groups excluding carboxylic acids is 4. The molecule has 1 unspecified atom stereocenters. The summed E-state index contributed by atoms with van der Waals surface area (Å²) in [5.41, 5.74) is 7.21. The van der Waals surface area contributed by atoms with E-state index in [4.69, 9.17) is 10.5 Å². The minimum Gasteiger partial charge on any atom is -0.444 e. The smallest absolute Gasteiger partial charge is 0.410 e. The molecule has 9 heteroatoms. The number of nitrogens with two attached hydrogens (primary N) is 1. The van der Waals surface area contributed by atoms with E-state index in [9.17, 15) is 19.2 Å². The minimum absolute atomic E-state index is 0.200. The van der Waals surface area contributed by atoms with E-state index in [2.05, 4.69) is 17.2 Å². The van der Waals surface area contributed by atoms with E-state index in [1.54, 1.807) is 17.0 Å². The molecule has 3 rings (SSSR count). The number of nitrogens with zero attached hydrogens (tertiary/aromatic N) is 2. The van der Waals surface area contributed by atoms with Crippen LogP contribution in [0.3, 0.4) is 0 Å². The molecule has 1 fully saturated rings. The van der Waals surface area contributed by atoms with Gasteiger partial charge in [-0.2, -0.15) is 0 Å². The highest BCUT2D eigenvalue weighted by Crippen LogP contribution is 2.28. The fourth-order valence-electron chi connectivity index (χ4n) is 4.08. The predicted octanol–water partition coefficient (Wildman–Crippen LogP) is 2.17. The lowest BCUT2D eigenvalue weighted by molar-refractivity contribution is -0.136. The van der Waals surface area contributed by atoms with Crippen molar-refractivity contribution in [1.82, 2.24) is 15.1 Å². The molecule has 9 nitrogen and oxygen atoms in total. The molecular formula is C26H34N4O5. The Labute approximate surface area is 206 Å². The van der Waals surface area contributed by atoms with Crippen LogP contribution in [0, 0.1) is 11.8 Å². The topological polar surface area (TPSA) is 122 Å². The van der Waals surface area contributed by atoms with Gasteiger partial charge in [-0.3, -0.25) is 19.7 Å². The van der Waals surface area contributed by atoms with Gasteiger partial charge in [0.25, 0.3) is 5.91 Å². The van der Waals surface area contributed by atoms with Crippen LogP contribution < -0.4 is 11.1 Å². The lowest BCUT2D eigenvalue weighted by Gasteiger charge is -2.29. The second-order valence-corrected chi connectivity index (χ2v) is 9.79. The molecule has 1 aromatic carbocycles. The van der Waals surface area contributed by atoms with Gasteiger partial charge in [0, 0.05) is 43.6 Å². The standard InChI is InChI=1S/C26H34N4O5/c1-26(2,3)35-25(34)29(15-7-13-27)14-6-4-5-8-18-9-10-20-19(16-18)17-30(24(20)33)21-11-12-22(31)28-23(21)32/h9-10,16,21H,4,6-7,11-15,17,27H2,1-3H3,(H,28,31,32). The first kappa shape index (κ1) is 26.2. The van der Waals surface area contributed by atoms with Crippen LogP contribution in [0.15, 0.2) is 18.2 Å². The van der Waals surface area contributed by atoms with Crippen LogP contribution >= 0.6 is 0 Å². The van der Waals surface area contributed by atoms with E-state index in [-0.39, 0.29) is 24.3 Å². The molecule has 3 N–H and O–H groups in total. The van der Waals surface area contributed by atoms with Gasteiger partial charge in [-0.1, -0.05) is 11.8 Å². The number of carbonyl (C=O) groups is 4. The van der Waals surface area contributed by atoms with Crippen LogP contribution in [0.25, 0.3) is 0 Å². The molecule has 0 aromatic heterocycles. The van der Waals surface area contributed by atoms with E-state index in [1.807, 2.05) is 26.8 Å². The maximum absolute atomic E-state index is 12.8. The molecule has 4 amide bonds. The van der Waals surface area contributed by atoms with E-state index >= 15 is 0 Å². The zero-order valence-corrected chi connectivity index (χ0v) is 20.7. The van der Waals surface area contributed by atoms with Gasteiger partial charge in [-0.25, -0.2) is 4.79 Å². The number of imide groups is 1. The first-order chi connectivity index (χ1) is 16.6. The quantitative estimate of drug-likeness (QED) is 0.349.